The van der Waals surface area contributed by atoms with Gasteiger partial charge in [-0.3, -0.25) is 4.79 Å². The van der Waals surface area contributed by atoms with Crippen molar-refractivity contribution in [2.45, 2.75) is 25.7 Å². The lowest BCUT2D eigenvalue weighted by Gasteiger charge is -2.22. The SMILES string of the molecule is Cc1nc2ccc(-n3ncc(C(=O)c4cc5cc(C6CCNCC6)ccc5[nH]4)c3N)cc2[nH]1. The van der Waals surface area contributed by atoms with E-state index in [-0.39, 0.29) is 5.78 Å². The van der Waals surface area contributed by atoms with Crippen molar-refractivity contribution in [1.29, 1.82) is 0 Å². The summed E-state index contributed by atoms with van der Waals surface area (Å²) in [5.74, 6) is 1.55. The van der Waals surface area contributed by atoms with Crippen LogP contribution in [0.25, 0.3) is 27.6 Å². The summed E-state index contributed by atoms with van der Waals surface area (Å²) in [6, 6.07) is 14.1. The van der Waals surface area contributed by atoms with Gasteiger partial charge >= 0.3 is 0 Å². The molecule has 0 spiro atoms. The fraction of sp³-hybridized carbons (Fsp3) is 0.240. The number of nitrogens with zero attached hydrogens (tertiary/aromatic N) is 3. The third kappa shape index (κ3) is 3.39. The van der Waals surface area contributed by atoms with Crippen molar-refractivity contribution in [3.8, 4) is 5.69 Å². The van der Waals surface area contributed by atoms with E-state index in [1.54, 1.807) is 4.68 Å². The number of piperidine rings is 1. The molecule has 8 nitrogen and oxygen atoms in total. The Labute approximate surface area is 190 Å². The minimum atomic E-state index is -0.170. The number of imidazole rings is 1. The van der Waals surface area contributed by atoms with E-state index in [0.29, 0.717) is 23.0 Å². The van der Waals surface area contributed by atoms with Gasteiger partial charge in [-0.1, -0.05) is 6.07 Å². The van der Waals surface area contributed by atoms with Crippen LogP contribution in [0.2, 0.25) is 0 Å². The Morgan fingerprint density at radius 2 is 1.91 bits per heavy atom. The Morgan fingerprint density at radius 3 is 2.76 bits per heavy atom. The summed E-state index contributed by atoms with van der Waals surface area (Å²) in [6.45, 7) is 4.01. The summed E-state index contributed by atoms with van der Waals surface area (Å²) in [6.07, 6.45) is 3.81. The molecule has 0 bridgehead atoms. The summed E-state index contributed by atoms with van der Waals surface area (Å²) >= 11 is 0. The van der Waals surface area contributed by atoms with Gasteiger partial charge in [0.05, 0.1) is 34.2 Å². The predicted octanol–water partition coefficient (Wildman–Crippen LogP) is 3.82. The van der Waals surface area contributed by atoms with Crippen LogP contribution in [-0.4, -0.2) is 43.6 Å². The monoisotopic (exact) mass is 439 g/mol. The van der Waals surface area contributed by atoms with Crippen molar-refractivity contribution >= 4 is 33.5 Å². The quantitative estimate of drug-likeness (QED) is 0.318. The lowest BCUT2D eigenvalue weighted by molar-refractivity contribution is 0.103. The number of ketones is 1. The number of nitrogens with two attached hydrogens (primary N) is 1. The number of H-pyrrole nitrogens is 2. The number of anilines is 1. The number of nitrogens with one attached hydrogen (secondary N) is 3. The van der Waals surface area contributed by atoms with Crippen molar-refractivity contribution in [2.24, 2.45) is 0 Å². The third-order valence-corrected chi connectivity index (χ3v) is 6.58. The second-order valence-corrected chi connectivity index (χ2v) is 8.76. The zero-order chi connectivity index (χ0) is 22.5. The number of nitrogen functional groups attached to an aromatic ring is 1. The molecular formula is C25H25N7O. The van der Waals surface area contributed by atoms with Crippen molar-refractivity contribution in [3.05, 3.63) is 71.3 Å². The number of carbonyl (C=O) groups excluding carboxylic acids is 1. The molecule has 0 unspecified atom stereocenters. The number of aromatic nitrogens is 5. The van der Waals surface area contributed by atoms with Crippen molar-refractivity contribution in [3.63, 3.8) is 0 Å². The van der Waals surface area contributed by atoms with Gasteiger partial charge in [0.15, 0.2) is 0 Å². The van der Waals surface area contributed by atoms with Crippen LogP contribution in [-0.2, 0) is 0 Å². The molecule has 1 saturated heterocycles. The smallest absolute Gasteiger partial charge is 0.214 e. The predicted molar refractivity (Wildman–Crippen MR) is 129 cm³/mol. The largest absolute Gasteiger partial charge is 0.383 e. The maximum absolute atomic E-state index is 13.3. The van der Waals surface area contributed by atoms with E-state index < -0.39 is 0 Å². The van der Waals surface area contributed by atoms with Gasteiger partial charge in [0, 0.05) is 10.9 Å². The van der Waals surface area contributed by atoms with E-state index in [9.17, 15) is 4.79 Å². The molecule has 0 saturated carbocycles. The lowest BCUT2D eigenvalue weighted by atomic mass is 9.90. The van der Waals surface area contributed by atoms with Crippen LogP contribution in [0.1, 0.15) is 46.2 Å². The molecule has 1 aliphatic heterocycles. The molecule has 0 radical (unpaired) electrons. The maximum Gasteiger partial charge on any atom is 0.214 e. The number of fused-ring (bicyclic) bond motifs is 2. The van der Waals surface area contributed by atoms with Gasteiger partial charge in [-0.15, -0.1) is 0 Å². The molecule has 33 heavy (non-hydrogen) atoms. The molecule has 2 aromatic carbocycles. The highest BCUT2D eigenvalue weighted by molar-refractivity contribution is 6.12. The number of hydrogen-bond acceptors (Lipinski definition) is 5. The van der Waals surface area contributed by atoms with E-state index in [2.05, 4.69) is 43.6 Å². The highest BCUT2D eigenvalue weighted by Crippen LogP contribution is 2.29. The van der Waals surface area contributed by atoms with Gasteiger partial charge in [0.25, 0.3) is 0 Å². The summed E-state index contributed by atoms with van der Waals surface area (Å²) in [4.78, 5) is 24.2. The summed E-state index contributed by atoms with van der Waals surface area (Å²) in [7, 11) is 0. The second kappa shape index (κ2) is 7.60. The molecule has 1 fully saturated rings. The molecule has 0 aliphatic carbocycles. The number of rotatable bonds is 4. The van der Waals surface area contributed by atoms with Crippen LogP contribution in [0.5, 0.6) is 0 Å². The van der Waals surface area contributed by atoms with E-state index in [0.717, 1.165) is 59.4 Å². The number of benzene rings is 2. The van der Waals surface area contributed by atoms with Crippen molar-refractivity contribution < 1.29 is 4.79 Å². The number of hydrogen-bond donors (Lipinski definition) is 4. The van der Waals surface area contributed by atoms with Crippen LogP contribution < -0.4 is 11.1 Å². The lowest BCUT2D eigenvalue weighted by Crippen LogP contribution is -2.26. The fourth-order valence-electron chi connectivity index (χ4n) is 4.82. The van der Waals surface area contributed by atoms with E-state index in [4.69, 9.17) is 5.73 Å². The first-order chi connectivity index (χ1) is 16.1. The highest BCUT2D eigenvalue weighted by Gasteiger charge is 2.21. The van der Waals surface area contributed by atoms with Gasteiger partial charge in [0.1, 0.15) is 11.6 Å². The van der Waals surface area contributed by atoms with Crippen LogP contribution in [0, 0.1) is 6.92 Å². The van der Waals surface area contributed by atoms with Gasteiger partial charge in [-0.25, -0.2) is 9.67 Å². The molecule has 5 aromatic rings. The highest BCUT2D eigenvalue weighted by atomic mass is 16.1. The number of aryl methyl sites for hydroxylation is 1. The second-order valence-electron chi connectivity index (χ2n) is 8.76. The topological polar surface area (TPSA) is 117 Å². The molecule has 0 amide bonds. The van der Waals surface area contributed by atoms with Crippen molar-refractivity contribution in [2.75, 3.05) is 18.8 Å². The summed E-state index contributed by atoms with van der Waals surface area (Å²) in [5, 5.41) is 8.85. The zero-order valence-electron chi connectivity index (χ0n) is 18.4. The van der Waals surface area contributed by atoms with Gasteiger partial charge in [0.2, 0.25) is 5.78 Å². The minimum Gasteiger partial charge on any atom is -0.383 e. The number of aromatic amines is 2. The van der Waals surface area contributed by atoms with Crippen molar-refractivity contribution in [1.82, 2.24) is 30.0 Å². The molecule has 1 aliphatic rings. The standard InChI is InChI=1S/C25H25N7O/c1-14-29-21-5-3-18(12-22(21)30-14)32-25(26)19(13-28-32)24(33)23-11-17-10-16(2-4-20(17)31-23)15-6-8-27-9-7-15/h2-5,10-13,15,27,31H,6-9,26H2,1H3,(H,29,30). The maximum atomic E-state index is 13.3. The molecule has 0 atom stereocenters. The molecule has 5 N–H and O–H groups in total. The molecule has 4 heterocycles. The molecule has 6 rings (SSSR count). The van der Waals surface area contributed by atoms with E-state index >= 15 is 0 Å². The average molecular weight is 440 g/mol. The van der Waals surface area contributed by atoms with Gasteiger partial charge in [-0.05, 0) is 80.7 Å². The Kier molecular flexibility index (Phi) is 4.55. The average Bonchev–Trinajstić information content (AvgIpc) is 3.53. The van der Waals surface area contributed by atoms with Gasteiger partial charge < -0.3 is 21.0 Å². The Hall–Kier alpha value is -3.91. The van der Waals surface area contributed by atoms with E-state index in [1.165, 1.54) is 11.8 Å². The third-order valence-electron chi connectivity index (χ3n) is 6.58. The number of carbonyl (C=O) groups is 1. The first kappa shape index (κ1) is 19.8. The molecule has 8 heteroatoms. The van der Waals surface area contributed by atoms with Crippen LogP contribution in [0.4, 0.5) is 5.82 Å². The van der Waals surface area contributed by atoms with Gasteiger partial charge in [-0.2, -0.15) is 5.10 Å². The summed E-state index contributed by atoms with van der Waals surface area (Å²) < 4.78 is 1.58. The summed E-state index contributed by atoms with van der Waals surface area (Å²) in [5.41, 5.74) is 12.1. The van der Waals surface area contributed by atoms with Crippen LogP contribution >= 0.6 is 0 Å². The first-order valence-electron chi connectivity index (χ1n) is 11.2. The molecule has 166 valence electrons. The minimum absolute atomic E-state index is 0.170. The Balaban J connectivity index is 1.32. The Bertz CT molecular complexity index is 1500. The molecule has 3 aromatic heterocycles. The normalized spacial score (nSPS) is 14.9. The first-order valence-corrected chi connectivity index (χ1v) is 11.2. The van der Waals surface area contributed by atoms with E-state index in [1.807, 2.05) is 31.2 Å². The van der Waals surface area contributed by atoms with Crippen LogP contribution in [0.15, 0.2) is 48.7 Å². The Morgan fingerprint density at radius 1 is 1.06 bits per heavy atom. The molecular weight excluding hydrogens is 414 g/mol. The zero-order valence-corrected chi connectivity index (χ0v) is 18.4. The fourth-order valence-corrected chi connectivity index (χ4v) is 4.82. The van der Waals surface area contributed by atoms with Crippen LogP contribution in [0.3, 0.4) is 0 Å².